The molecule has 0 amide bonds. The van der Waals surface area contributed by atoms with E-state index in [9.17, 15) is 4.79 Å². The van der Waals surface area contributed by atoms with Gasteiger partial charge in [-0.1, -0.05) is 27.7 Å². The zero-order valence-corrected chi connectivity index (χ0v) is 9.29. The summed E-state index contributed by atoms with van der Waals surface area (Å²) in [5.74, 6) is -0.950. The van der Waals surface area contributed by atoms with Crippen molar-refractivity contribution >= 4 is 5.97 Å². The summed E-state index contributed by atoms with van der Waals surface area (Å²) in [4.78, 5) is 10.5. The highest BCUT2D eigenvalue weighted by molar-refractivity contribution is 5.73. The monoisotopic (exact) mass is 200 g/mol. The van der Waals surface area contributed by atoms with Gasteiger partial charge in [0.15, 0.2) is 0 Å². The molecule has 1 aliphatic rings. The van der Waals surface area contributed by atoms with Gasteiger partial charge in [0.05, 0.1) is 0 Å². The van der Waals surface area contributed by atoms with Gasteiger partial charge >= 0.3 is 5.97 Å². The van der Waals surface area contributed by atoms with Crippen LogP contribution in [0.5, 0.6) is 0 Å². The van der Waals surface area contributed by atoms with E-state index in [1.165, 1.54) is 0 Å². The molecule has 0 spiro atoms. The zero-order chi connectivity index (χ0) is 11.1. The molecule has 0 bridgehead atoms. The van der Waals surface area contributed by atoms with Crippen molar-refractivity contribution in [2.24, 2.45) is 16.6 Å². The normalized spacial score (nSPS) is 25.8. The van der Waals surface area contributed by atoms with E-state index in [0.29, 0.717) is 12.6 Å². The van der Waals surface area contributed by atoms with E-state index in [1.54, 1.807) is 0 Å². The minimum Gasteiger partial charge on any atom is -0.480 e. The molecule has 0 heterocycles. The van der Waals surface area contributed by atoms with Crippen molar-refractivity contribution in [3.63, 3.8) is 0 Å². The Labute approximate surface area is 84.9 Å². The van der Waals surface area contributed by atoms with Crippen molar-refractivity contribution in [2.75, 3.05) is 6.54 Å². The molecule has 0 radical (unpaired) electrons. The molecule has 0 aromatic heterocycles. The fourth-order valence-electron chi connectivity index (χ4n) is 2.04. The van der Waals surface area contributed by atoms with Crippen LogP contribution in [0.4, 0.5) is 0 Å². The van der Waals surface area contributed by atoms with Crippen LogP contribution >= 0.6 is 0 Å². The van der Waals surface area contributed by atoms with Gasteiger partial charge in [-0.25, -0.2) is 0 Å². The van der Waals surface area contributed by atoms with Crippen molar-refractivity contribution < 1.29 is 9.90 Å². The number of aliphatic carboxylic acids is 1. The summed E-state index contributed by atoms with van der Waals surface area (Å²) in [7, 11) is 0. The van der Waals surface area contributed by atoms with Crippen LogP contribution in [0.15, 0.2) is 0 Å². The van der Waals surface area contributed by atoms with Crippen LogP contribution in [0.25, 0.3) is 0 Å². The highest BCUT2D eigenvalue weighted by Gasteiger charge is 2.64. The molecule has 4 heteroatoms. The van der Waals surface area contributed by atoms with Gasteiger partial charge in [0.2, 0.25) is 0 Å². The molecule has 1 fully saturated rings. The maximum absolute atomic E-state index is 10.5. The Morgan fingerprint density at radius 2 is 1.86 bits per heavy atom. The molecule has 0 aromatic rings. The molecule has 0 saturated heterocycles. The van der Waals surface area contributed by atoms with Gasteiger partial charge in [-0.15, -0.1) is 0 Å². The predicted molar refractivity (Wildman–Crippen MR) is 55.0 cm³/mol. The minimum atomic E-state index is -0.950. The highest BCUT2D eigenvalue weighted by atomic mass is 16.4. The largest absolute Gasteiger partial charge is 0.480 e. The van der Waals surface area contributed by atoms with Crippen molar-refractivity contribution in [2.45, 2.75) is 39.8 Å². The van der Waals surface area contributed by atoms with E-state index < -0.39 is 12.0 Å². The first-order chi connectivity index (χ1) is 6.21. The van der Waals surface area contributed by atoms with Gasteiger partial charge in [0.1, 0.15) is 6.04 Å². The number of hydrogen-bond donors (Lipinski definition) is 3. The second kappa shape index (κ2) is 3.21. The number of nitrogens with two attached hydrogens (primary N) is 1. The second-order valence-electron chi connectivity index (χ2n) is 5.23. The number of rotatable bonds is 4. The number of hydrogen-bond acceptors (Lipinski definition) is 3. The Bertz CT molecular complexity index is 235. The van der Waals surface area contributed by atoms with Crippen molar-refractivity contribution in [3.8, 4) is 0 Å². The van der Waals surface area contributed by atoms with E-state index in [1.807, 2.05) is 0 Å². The third-order valence-electron chi connectivity index (χ3n) is 3.88. The number of carboxylic acids is 1. The first-order valence-electron chi connectivity index (χ1n) is 4.93. The van der Waals surface area contributed by atoms with Gasteiger partial charge in [0, 0.05) is 12.6 Å². The molecule has 0 aliphatic heterocycles. The second-order valence-corrected chi connectivity index (χ2v) is 5.23. The summed E-state index contributed by atoms with van der Waals surface area (Å²) in [5.41, 5.74) is 5.86. The molecule has 1 saturated carbocycles. The highest BCUT2D eigenvalue weighted by Crippen LogP contribution is 2.62. The van der Waals surface area contributed by atoms with Gasteiger partial charge in [0.25, 0.3) is 0 Å². The SMILES string of the molecule is CC1(C)C(NCC(N)C(=O)O)C1(C)C. The van der Waals surface area contributed by atoms with Crippen LogP contribution < -0.4 is 11.1 Å². The summed E-state index contributed by atoms with van der Waals surface area (Å²) in [5, 5.41) is 11.8. The Balaban J connectivity index is 2.39. The quantitative estimate of drug-likeness (QED) is 0.615. The molecule has 1 aliphatic carbocycles. The average Bonchev–Trinajstić information content (AvgIpc) is 2.39. The molecule has 0 aromatic carbocycles. The lowest BCUT2D eigenvalue weighted by molar-refractivity contribution is -0.138. The maximum atomic E-state index is 10.5. The fourth-order valence-corrected chi connectivity index (χ4v) is 2.04. The lowest BCUT2D eigenvalue weighted by Crippen LogP contribution is -2.42. The summed E-state index contributed by atoms with van der Waals surface area (Å²) in [6.07, 6.45) is 0. The molecule has 4 nitrogen and oxygen atoms in total. The molecule has 82 valence electrons. The summed E-state index contributed by atoms with van der Waals surface area (Å²) in [6.45, 7) is 9.05. The molecule has 1 rings (SSSR count). The third kappa shape index (κ3) is 1.64. The van der Waals surface area contributed by atoms with Crippen LogP contribution in [0.3, 0.4) is 0 Å². The number of carboxylic acid groups (broad SMARTS) is 1. The van der Waals surface area contributed by atoms with Crippen LogP contribution in [-0.4, -0.2) is 29.7 Å². The molecular formula is C10H20N2O2. The van der Waals surface area contributed by atoms with Crippen molar-refractivity contribution in [3.05, 3.63) is 0 Å². The van der Waals surface area contributed by atoms with E-state index in [2.05, 4.69) is 33.0 Å². The fraction of sp³-hybridized carbons (Fsp3) is 0.900. The molecule has 1 unspecified atom stereocenters. The average molecular weight is 200 g/mol. The van der Waals surface area contributed by atoms with Gasteiger partial charge < -0.3 is 16.2 Å². The van der Waals surface area contributed by atoms with E-state index in [-0.39, 0.29) is 10.8 Å². The van der Waals surface area contributed by atoms with Gasteiger partial charge in [-0.3, -0.25) is 4.79 Å². The Morgan fingerprint density at radius 1 is 1.43 bits per heavy atom. The lowest BCUT2D eigenvalue weighted by Gasteiger charge is -2.09. The van der Waals surface area contributed by atoms with Gasteiger partial charge in [-0.2, -0.15) is 0 Å². The minimum absolute atomic E-state index is 0.227. The topological polar surface area (TPSA) is 75.3 Å². The van der Waals surface area contributed by atoms with Crippen LogP contribution in [0.2, 0.25) is 0 Å². The van der Waals surface area contributed by atoms with Crippen LogP contribution in [0, 0.1) is 10.8 Å². The number of carbonyl (C=O) groups is 1. The predicted octanol–water partition coefficient (Wildman–Crippen LogP) is 0.423. The Morgan fingerprint density at radius 3 is 2.14 bits per heavy atom. The first kappa shape index (κ1) is 11.5. The molecule has 1 atom stereocenters. The molecule has 14 heavy (non-hydrogen) atoms. The smallest absolute Gasteiger partial charge is 0.321 e. The summed E-state index contributed by atoms with van der Waals surface area (Å²) < 4.78 is 0. The van der Waals surface area contributed by atoms with E-state index in [0.717, 1.165) is 0 Å². The Kier molecular flexibility index (Phi) is 2.63. The molecular weight excluding hydrogens is 180 g/mol. The van der Waals surface area contributed by atoms with Crippen LogP contribution in [-0.2, 0) is 4.79 Å². The van der Waals surface area contributed by atoms with E-state index in [4.69, 9.17) is 10.8 Å². The van der Waals surface area contributed by atoms with Crippen molar-refractivity contribution in [1.82, 2.24) is 5.32 Å². The number of nitrogens with one attached hydrogen (secondary N) is 1. The third-order valence-corrected chi connectivity index (χ3v) is 3.88. The Hall–Kier alpha value is -0.610. The van der Waals surface area contributed by atoms with Crippen molar-refractivity contribution in [1.29, 1.82) is 0 Å². The zero-order valence-electron chi connectivity index (χ0n) is 9.29. The summed E-state index contributed by atoms with van der Waals surface area (Å²) in [6, 6.07) is -0.442. The van der Waals surface area contributed by atoms with Gasteiger partial charge in [-0.05, 0) is 10.8 Å². The maximum Gasteiger partial charge on any atom is 0.321 e. The molecule has 4 N–H and O–H groups in total. The van der Waals surface area contributed by atoms with E-state index >= 15 is 0 Å². The summed E-state index contributed by atoms with van der Waals surface area (Å²) >= 11 is 0. The lowest BCUT2D eigenvalue weighted by atomic mass is 10.0. The standard InChI is InChI=1S/C10H20N2O2/c1-9(2)8(10(9,3)4)12-5-6(11)7(13)14/h6,8,12H,5,11H2,1-4H3,(H,13,14). The van der Waals surface area contributed by atoms with Crippen LogP contribution in [0.1, 0.15) is 27.7 Å². The first-order valence-corrected chi connectivity index (χ1v) is 4.93.